The fourth-order valence-corrected chi connectivity index (χ4v) is 4.92. The van der Waals surface area contributed by atoms with Crippen LogP contribution >= 0.6 is 0 Å². The van der Waals surface area contributed by atoms with Gasteiger partial charge in [-0.15, -0.1) is 0 Å². The van der Waals surface area contributed by atoms with E-state index in [9.17, 15) is 19.2 Å². The molecule has 2 saturated heterocycles. The summed E-state index contributed by atoms with van der Waals surface area (Å²) in [6.07, 6.45) is 3.83. The van der Waals surface area contributed by atoms with Crippen LogP contribution in [0.1, 0.15) is 59.3 Å². The summed E-state index contributed by atoms with van der Waals surface area (Å²) in [5.74, 6) is 2.10. The van der Waals surface area contributed by atoms with Gasteiger partial charge in [0, 0.05) is 50.6 Å². The van der Waals surface area contributed by atoms with Crippen molar-refractivity contribution >= 4 is 23.8 Å². The first-order chi connectivity index (χ1) is 16.0. The number of ketones is 1. The average molecular weight is 476 g/mol. The van der Waals surface area contributed by atoms with Gasteiger partial charge >= 0.3 is 12.1 Å². The number of rotatable bonds is 6. The molecule has 0 unspecified atom stereocenters. The van der Waals surface area contributed by atoms with Crippen LogP contribution in [0, 0.1) is 35.6 Å². The number of Topliss-reactive ketones (excluding diaryl/α,β-unsaturated/α-hetero) is 1. The number of nitrogens with zero attached hydrogens (tertiary/aromatic N) is 2. The predicted molar refractivity (Wildman–Crippen MR) is 124 cm³/mol. The van der Waals surface area contributed by atoms with Crippen molar-refractivity contribution in [3.8, 4) is 12.0 Å². The number of likely N-dealkylation sites (tertiary alicyclic amines) is 2. The second kappa shape index (κ2) is 11.1. The van der Waals surface area contributed by atoms with Gasteiger partial charge in [0.25, 0.3) is 0 Å². The third-order valence-corrected chi connectivity index (χ3v) is 6.80. The minimum atomic E-state index is -0.922. The minimum absolute atomic E-state index is 0.0238. The number of carbonyl (C=O) groups excluding carboxylic acids is 3. The molecule has 1 saturated carbocycles. The van der Waals surface area contributed by atoms with E-state index in [0.717, 1.165) is 25.7 Å². The van der Waals surface area contributed by atoms with Crippen LogP contribution in [-0.2, 0) is 19.1 Å². The Labute approximate surface area is 201 Å². The highest BCUT2D eigenvalue weighted by Gasteiger charge is 2.50. The van der Waals surface area contributed by atoms with Gasteiger partial charge in [0.2, 0.25) is 11.7 Å². The van der Waals surface area contributed by atoms with Gasteiger partial charge < -0.3 is 25.0 Å². The fraction of sp³-hybridized carbons (Fsp3) is 0.760. The molecule has 0 bridgehead atoms. The van der Waals surface area contributed by atoms with E-state index >= 15 is 0 Å². The van der Waals surface area contributed by atoms with Crippen LogP contribution in [0.15, 0.2) is 0 Å². The van der Waals surface area contributed by atoms with Crippen LogP contribution in [0.2, 0.25) is 0 Å². The molecule has 188 valence electrons. The highest BCUT2D eigenvalue weighted by atomic mass is 16.6. The Morgan fingerprint density at radius 1 is 1.06 bits per heavy atom. The largest absolute Gasteiger partial charge is 0.481 e. The van der Waals surface area contributed by atoms with Crippen molar-refractivity contribution in [2.24, 2.45) is 23.7 Å². The predicted octanol–water partition coefficient (Wildman–Crippen LogP) is 2.10. The molecule has 2 N–H and O–H groups in total. The number of carboxylic acids is 1. The molecular weight excluding hydrogens is 438 g/mol. The Morgan fingerprint density at radius 3 is 2.41 bits per heavy atom. The minimum Gasteiger partial charge on any atom is -0.481 e. The monoisotopic (exact) mass is 475 g/mol. The fourth-order valence-electron chi connectivity index (χ4n) is 4.92. The SMILES string of the molecule is CC(C)(C)OC(=O)N1CCC([C@@H]2C[C@H]2C(=O)N2CCC[C@@H](C(=O)C#CNCCC(=O)O)C2)CC1. The molecule has 2 heterocycles. The van der Waals surface area contributed by atoms with E-state index in [0.29, 0.717) is 44.4 Å². The average Bonchev–Trinajstić information content (AvgIpc) is 3.58. The lowest BCUT2D eigenvalue weighted by molar-refractivity contribution is -0.137. The molecule has 0 aromatic heterocycles. The van der Waals surface area contributed by atoms with Crippen molar-refractivity contribution in [3.63, 3.8) is 0 Å². The molecule has 3 fully saturated rings. The zero-order valence-electron chi connectivity index (χ0n) is 20.5. The zero-order chi connectivity index (χ0) is 24.9. The molecule has 3 rings (SSSR count). The third kappa shape index (κ3) is 7.37. The lowest BCUT2D eigenvalue weighted by Crippen LogP contribution is -2.44. The molecule has 0 spiro atoms. The second-order valence-electron chi connectivity index (χ2n) is 10.6. The number of amides is 2. The van der Waals surface area contributed by atoms with E-state index in [1.165, 1.54) is 0 Å². The molecule has 2 aliphatic heterocycles. The summed E-state index contributed by atoms with van der Waals surface area (Å²) in [5.41, 5.74) is -0.502. The van der Waals surface area contributed by atoms with Crippen LogP contribution in [0.5, 0.6) is 0 Å². The van der Waals surface area contributed by atoms with Crippen molar-refractivity contribution in [3.05, 3.63) is 0 Å². The molecular formula is C25H37N3O6. The highest BCUT2D eigenvalue weighted by Crippen LogP contribution is 2.49. The number of hydrogen-bond acceptors (Lipinski definition) is 6. The van der Waals surface area contributed by atoms with E-state index in [1.54, 1.807) is 4.90 Å². The van der Waals surface area contributed by atoms with Gasteiger partial charge in [0.1, 0.15) is 5.60 Å². The van der Waals surface area contributed by atoms with Crippen molar-refractivity contribution in [1.82, 2.24) is 15.1 Å². The molecule has 3 atom stereocenters. The van der Waals surface area contributed by atoms with Gasteiger partial charge in [-0.1, -0.05) is 0 Å². The lowest BCUT2D eigenvalue weighted by Gasteiger charge is -2.34. The Bertz CT molecular complexity index is 847. The summed E-state index contributed by atoms with van der Waals surface area (Å²) in [5, 5.41) is 11.3. The van der Waals surface area contributed by atoms with Crippen molar-refractivity contribution < 1.29 is 29.0 Å². The summed E-state index contributed by atoms with van der Waals surface area (Å²) in [6.45, 7) is 8.18. The Hall–Kier alpha value is -2.76. The summed E-state index contributed by atoms with van der Waals surface area (Å²) in [6, 6.07) is 2.54. The Balaban J connectivity index is 1.42. The van der Waals surface area contributed by atoms with Crippen LogP contribution in [-0.4, -0.2) is 77.0 Å². The van der Waals surface area contributed by atoms with Gasteiger partial charge in [0.15, 0.2) is 0 Å². The van der Waals surface area contributed by atoms with Gasteiger partial charge in [-0.2, -0.15) is 0 Å². The number of hydrogen-bond donors (Lipinski definition) is 2. The topological polar surface area (TPSA) is 116 Å². The Morgan fingerprint density at radius 2 is 1.76 bits per heavy atom. The highest BCUT2D eigenvalue weighted by molar-refractivity contribution is 5.97. The van der Waals surface area contributed by atoms with Gasteiger partial charge in [0.05, 0.1) is 6.42 Å². The molecule has 0 aromatic carbocycles. The van der Waals surface area contributed by atoms with Crippen LogP contribution in [0.3, 0.4) is 0 Å². The van der Waals surface area contributed by atoms with E-state index < -0.39 is 11.6 Å². The quantitative estimate of drug-likeness (QED) is 0.343. The van der Waals surface area contributed by atoms with Crippen LogP contribution in [0.4, 0.5) is 4.79 Å². The van der Waals surface area contributed by atoms with Crippen molar-refractivity contribution in [1.29, 1.82) is 0 Å². The number of piperidine rings is 2. The molecule has 3 aliphatic rings. The van der Waals surface area contributed by atoms with Crippen LogP contribution < -0.4 is 5.32 Å². The summed E-state index contributed by atoms with van der Waals surface area (Å²) in [7, 11) is 0. The molecule has 2 amide bonds. The second-order valence-corrected chi connectivity index (χ2v) is 10.6. The maximum atomic E-state index is 13.1. The first-order valence-corrected chi connectivity index (χ1v) is 12.3. The maximum Gasteiger partial charge on any atom is 0.410 e. The standard InChI is InChI=1S/C25H37N3O6/c1-25(2,3)34-24(33)27-13-8-17(9-14-27)19-15-20(19)23(32)28-12-4-5-18(16-28)21(29)6-10-26-11-7-22(30)31/h17-20,26H,4-5,7-9,11-16H2,1-3H3,(H,30,31)/t18-,19+,20-/m1/s1. The smallest absolute Gasteiger partial charge is 0.410 e. The number of aliphatic carboxylic acids is 1. The summed E-state index contributed by atoms with van der Waals surface area (Å²) >= 11 is 0. The molecule has 9 heteroatoms. The van der Waals surface area contributed by atoms with Crippen molar-refractivity contribution in [2.75, 3.05) is 32.7 Å². The van der Waals surface area contributed by atoms with E-state index in [-0.39, 0.29) is 42.6 Å². The molecule has 1 aliphatic carbocycles. The normalized spacial score (nSPS) is 25.1. The van der Waals surface area contributed by atoms with E-state index in [4.69, 9.17) is 9.84 Å². The first kappa shape index (κ1) is 25.9. The summed E-state index contributed by atoms with van der Waals surface area (Å²) < 4.78 is 5.46. The zero-order valence-corrected chi connectivity index (χ0v) is 20.5. The van der Waals surface area contributed by atoms with E-state index in [2.05, 4.69) is 17.3 Å². The number of ether oxygens (including phenoxy) is 1. The number of carboxylic acid groups (broad SMARTS) is 1. The summed E-state index contributed by atoms with van der Waals surface area (Å²) in [4.78, 5) is 51.9. The van der Waals surface area contributed by atoms with Crippen LogP contribution in [0.25, 0.3) is 0 Å². The lowest BCUT2D eigenvalue weighted by atomic mass is 9.90. The molecule has 0 radical (unpaired) electrons. The number of nitrogens with one attached hydrogen (secondary N) is 1. The molecule has 34 heavy (non-hydrogen) atoms. The van der Waals surface area contributed by atoms with Crippen molar-refractivity contribution in [2.45, 2.75) is 64.9 Å². The third-order valence-electron chi connectivity index (χ3n) is 6.80. The first-order valence-electron chi connectivity index (χ1n) is 12.3. The maximum absolute atomic E-state index is 13.1. The molecule has 0 aromatic rings. The molecule has 9 nitrogen and oxygen atoms in total. The van der Waals surface area contributed by atoms with Gasteiger partial charge in [-0.05, 0) is 70.6 Å². The van der Waals surface area contributed by atoms with E-state index in [1.807, 2.05) is 25.7 Å². The number of carbonyl (C=O) groups is 4. The van der Waals surface area contributed by atoms with Gasteiger partial charge in [-0.3, -0.25) is 14.4 Å². The Kier molecular flexibility index (Phi) is 8.45. The van der Waals surface area contributed by atoms with Gasteiger partial charge in [-0.25, -0.2) is 4.79 Å².